The molecule has 4 nitrogen and oxygen atoms in total. The highest BCUT2D eigenvalue weighted by Crippen LogP contribution is 2.37. The Hall–Kier alpha value is -0.260. The molecule has 5 heteroatoms. The average Bonchev–Trinajstić information content (AvgIpc) is 2.49. The smallest absolute Gasteiger partial charge is 0.236 e. The van der Waals surface area contributed by atoms with Crippen LogP contribution in [-0.4, -0.2) is 61.2 Å². The summed E-state index contributed by atoms with van der Waals surface area (Å²) in [7, 11) is 0. The van der Waals surface area contributed by atoms with E-state index in [9.17, 15) is 4.79 Å². The van der Waals surface area contributed by atoms with Crippen molar-refractivity contribution in [3.05, 3.63) is 0 Å². The summed E-state index contributed by atoms with van der Waals surface area (Å²) in [6, 6.07) is 0. The van der Waals surface area contributed by atoms with E-state index in [1.54, 1.807) is 0 Å². The number of ether oxygens (including phenoxy) is 1. The molecule has 0 bridgehead atoms. The summed E-state index contributed by atoms with van der Waals surface area (Å²) in [5.41, 5.74) is 0. The van der Waals surface area contributed by atoms with Crippen LogP contribution in [0.2, 0.25) is 0 Å². The third-order valence-corrected chi connectivity index (χ3v) is 5.70. The minimum Gasteiger partial charge on any atom is -0.378 e. The Morgan fingerprint density at radius 3 is 2.58 bits per heavy atom. The second-order valence-corrected chi connectivity index (χ2v) is 6.82. The third-order valence-electron chi connectivity index (χ3n) is 4.28. The molecular weight excluding hydrogens is 260 g/mol. The highest BCUT2D eigenvalue weighted by atomic mass is 32.2. The van der Waals surface area contributed by atoms with E-state index in [1.165, 1.54) is 32.1 Å². The molecule has 0 aromatic carbocycles. The third kappa shape index (κ3) is 4.36. The lowest BCUT2D eigenvalue weighted by molar-refractivity contribution is -0.134. The number of morpholine rings is 1. The zero-order valence-corrected chi connectivity index (χ0v) is 12.8. The van der Waals surface area contributed by atoms with Crippen LogP contribution in [0.15, 0.2) is 0 Å². The molecule has 1 heterocycles. The number of hydrogen-bond donors (Lipinski definition) is 1. The molecule has 2 aliphatic rings. The number of rotatable bonds is 5. The van der Waals surface area contributed by atoms with Gasteiger partial charge in [0.05, 0.1) is 19.8 Å². The molecule has 0 aromatic heterocycles. The van der Waals surface area contributed by atoms with Gasteiger partial charge in [0, 0.05) is 24.4 Å². The first-order valence-electron chi connectivity index (χ1n) is 7.37. The quantitative estimate of drug-likeness (QED) is 0.831. The van der Waals surface area contributed by atoms with Gasteiger partial charge in [-0.05, 0) is 19.1 Å². The summed E-state index contributed by atoms with van der Waals surface area (Å²) in [4.78, 5) is 13.9. The molecule has 1 aliphatic carbocycles. The van der Waals surface area contributed by atoms with E-state index in [1.807, 2.05) is 16.7 Å². The Balaban J connectivity index is 1.70. The fourth-order valence-electron chi connectivity index (χ4n) is 2.97. The first-order chi connectivity index (χ1) is 9.26. The van der Waals surface area contributed by atoms with Crippen LogP contribution >= 0.6 is 11.8 Å². The first kappa shape index (κ1) is 15.1. The van der Waals surface area contributed by atoms with E-state index in [0.29, 0.717) is 24.5 Å². The first-order valence-corrected chi connectivity index (χ1v) is 8.60. The summed E-state index contributed by atoms with van der Waals surface area (Å²) in [6.07, 6.45) is 8.81. The van der Waals surface area contributed by atoms with E-state index in [4.69, 9.17) is 4.74 Å². The highest BCUT2D eigenvalue weighted by Gasteiger charge is 2.30. The summed E-state index contributed by atoms with van der Waals surface area (Å²) in [5, 5.41) is 3.39. The Morgan fingerprint density at radius 2 is 1.95 bits per heavy atom. The fraction of sp³-hybridized carbons (Fsp3) is 0.929. The van der Waals surface area contributed by atoms with Gasteiger partial charge in [0.25, 0.3) is 0 Å². The van der Waals surface area contributed by atoms with Crippen molar-refractivity contribution in [3.63, 3.8) is 0 Å². The molecule has 1 amide bonds. The molecular formula is C14H26N2O2S. The van der Waals surface area contributed by atoms with Crippen LogP contribution in [0.4, 0.5) is 0 Å². The molecule has 1 saturated heterocycles. The van der Waals surface area contributed by atoms with Crippen LogP contribution in [-0.2, 0) is 9.53 Å². The fourth-order valence-corrected chi connectivity index (χ4v) is 3.91. The number of nitrogens with one attached hydrogen (secondary N) is 1. The SMILES string of the molecule is CSC1(CNCC(=O)N2CCOCC2)CCCCC1. The number of carbonyl (C=O) groups is 1. The van der Waals surface area contributed by atoms with Crippen molar-refractivity contribution < 1.29 is 9.53 Å². The van der Waals surface area contributed by atoms with Gasteiger partial charge in [-0.15, -0.1) is 0 Å². The number of hydrogen-bond acceptors (Lipinski definition) is 4. The van der Waals surface area contributed by atoms with Crippen molar-refractivity contribution in [1.82, 2.24) is 10.2 Å². The summed E-state index contributed by atoms with van der Waals surface area (Å²) in [5.74, 6) is 0.218. The van der Waals surface area contributed by atoms with Crippen molar-refractivity contribution in [3.8, 4) is 0 Å². The van der Waals surface area contributed by atoms with E-state index in [2.05, 4.69) is 11.6 Å². The summed E-state index contributed by atoms with van der Waals surface area (Å²) < 4.78 is 5.63. The maximum Gasteiger partial charge on any atom is 0.236 e. The van der Waals surface area contributed by atoms with Gasteiger partial charge in [-0.3, -0.25) is 4.79 Å². The molecule has 1 N–H and O–H groups in total. The Morgan fingerprint density at radius 1 is 1.26 bits per heavy atom. The zero-order valence-electron chi connectivity index (χ0n) is 12.0. The molecule has 0 spiro atoms. The summed E-state index contributed by atoms with van der Waals surface area (Å²) in [6.45, 7) is 4.29. The molecule has 1 aliphatic heterocycles. The number of amides is 1. The van der Waals surface area contributed by atoms with E-state index >= 15 is 0 Å². The Kier molecular flexibility index (Phi) is 5.98. The predicted molar refractivity (Wildman–Crippen MR) is 79.6 cm³/mol. The molecule has 19 heavy (non-hydrogen) atoms. The second-order valence-electron chi connectivity index (χ2n) is 5.54. The minimum absolute atomic E-state index is 0.218. The summed E-state index contributed by atoms with van der Waals surface area (Å²) >= 11 is 1.97. The number of carbonyl (C=O) groups excluding carboxylic acids is 1. The van der Waals surface area contributed by atoms with Gasteiger partial charge in [0.2, 0.25) is 5.91 Å². The van der Waals surface area contributed by atoms with Gasteiger partial charge in [0.15, 0.2) is 0 Å². The Bertz CT molecular complexity index is 287. The lowest BCUT2D eigenvalue weighted by Gasteiger charge is -2.36. The monoisotopic (exact) mass is 286 g/mol. The van der Waals surface area contributed by atoms with Crippen LogP contribution in [0, 0.1) is 0 Å². The van der Waals surface area contributed by atoms with Crippen molar-refractivity contribution >= 4 is 17.7 Å². The van der Waals surface area contributed by atoms with Gasteiger partial charge in [0.1, 0.15) is 0 Å². The Labute approximate surface area is 120 Å². The van der Waals surface area contributed by atoms with Crippen molar-refractivity contribution in [2.75, 3.05) is 45.6 Å². The van der Waals surface area contributed by atoms with Gasteiger partial charge < -0.3 is 15.0 Å². The van der Waals surface area contributed by atoms with E-state index in [0.717, 1.165) is 19.6 Å². The van der Waals surface area contributed by atoms with Crippen molar-refractivity contribution in [2.24, 2.45) is 0 Å². The van der Waals surface area contributed by atoms with Gasteiger partial charge >= 0.3 is 0 Å². The van der Waals surface area contributed by atoms with Gasteiger partial charge in [-0.25, -0.2) is 0 Å². The largest absolute Gasteiger partial charge is 0.378 e. The van der Waals surface area contributed by atoms with Crippen LogP contribution in [0.1, 0.15) is 32.1 Å². The zero-order chi connectivity index (χ0) is 13.6. The van der Waals surface area contributed by atoms with Gasteiger partial charge in [-0.2, -0.15) is 11.8 Å². The molecule has 110 valence electrons. The minimum atomic E-state index is 0.218. The molecule has 0 atom stereocenters. The van der Waals surface area contributed by atoms with Crippen molar-refractivity contribution in [1.29, 1.82) is 0 Å². The second kappa shape index (κ2) is 7.50. The van der Waals surface area contributed by atoms with Crippen molar-refractivity contribution in [2.45, 2.75) is 36.9 Å². The van der Waals surface area contributed by atoms with Crippen LogP contribution in [0.25, 0.3) is 0 Å². The highest BCUT2D eigenvalue weighted by molar-refractivity contribution is 8.00. The molecule has 0 radical (unpaired) electrons. The van der Waals surface area contributed by atoms with Crippen LogP contribution in [0.3, 0.4) is 0 Å². The predicted octanol–water partition coefficient (Wildman–Crippen LogP) is 1.50. The van der Waals surface area contributed by atoms with E-state index < -0.39 is 0 Å². The topological polar surface area (TPSA) is 41.6 Å². The average molecular weight is 286 g/mol. The van der Waals surface area contributed by atoms with Crippen LogP contribution in [0.5, 0.6) is 0 Å². The lowest BCUT2D eigenvalue weighted by atomic mass is 9.88. The maximum absolute atomic E-state index is 12.0. The maximum atomic E-state index is 12.0. The molecule has 2 fully saturated rings. The standard InChI is InChI=1S/C14H26N2O2S/c1-19-14(5-3-2-4-6-14)12-15-11-13(17)16-7-9-18-10-8-16/h15H,2-12H2,1H3. The number of nitrogens with zero attached hydrogens (tertiary/aromatic N) is 1. The molecule has 0 unspecified atom stereocenters. The molecule has 2 rings (SSSR count). The molecule has 0 aromatic rings. The molecule has 1 saturated carbocycles. The number of thioether (sulfide) groups is 1. The lowest BCUT2D eigenvalue weighted by Crippen LogP contribution is -2.47. The normalized spacial score (nSPS) is 23.3. The van der Waals surface area contributed by atoms with Gasteiger partial charge in [-0.1, -0.05) is 19.3 Å². The van der Waals surface area contributed by atoms with E-state index in [-0.39, 0.29) is 5.91 Å². The van der Waals surface area contributed by atoms with Crippen LogP contribution < -0.4 is 5.32 Å².